The van der Waals surface area contributed by atoms with Crippen LogP contribution in [0.2, 0.25) is 0 Å². The standard InChI is InChI=1S/C20H20N4O2/c25-24(26)19-14-21-18-9-5-4-8-17(18)20(19)23-12-10-22(11-13-23)15-16-6-2-1-3-7-16/h1-9,14H,10-13,15H2. The van der Waals surface area contributed by atoms with Crippen LogP contribution in [0, 0.1) is 10.1 Å². The molecule has 0 amide bonds. The quantitative estimate of drug-likeness (QED) is 0.534. The fraction of sp³-hybridized carbons (Fsp3) is 0.250. The van der Waals surface area contributed by atoms with Crippen molar-refractivity contribution in [2.75, 3.05) is 31.1 Å². The molecule has 132 valence electrons. The van der Waals surface area contributed by atoms with Crippen LogP contribution in [0.5, 0.6) is 0 Å². The average molecular weight is 348 g/mol. The molecule has 26 heavy (non-hydrogen) atoms. The van der Waals surface area contributed by atoms with Crippen molar-refractivity contribution in [3.63, 3.8) is 0 Å². The van der Waals surface area contributed by atoms with Crippen LogP contribution in [0.4, 0.5) is 11.4 Å². The number of anilines is 1. The first kappa shape index (κ1) is 16.5. The summed E-state index contributed by atoms with van der Waals surface area (Å²) in [5.41, 5.74) is 2.86. The highest BCUT2D eigenvalue weighted by atomic mass is 16.6. The highest BCUT2D eigenvalue weighted by Gasteiger charge is 2.26. The molecule has 0 atom stereocenters. The van der Waals surface area contributed by atoms with Crippen LogP contribution in [-0.2, 0) is 6.54 Å². The summed E-state index contributed by atoms with van der Waals surface area (Å²) in [4.78, 5) is 20.0. The van der Waals surface area contributed by atoms with Crippen LogP contribution in [0.25, 0.3) is 10.9 Å². The van der Waals surface area contributed by atoms with E-state index in [-0.39, 0.29) is 10.6 Å². The molecule has 0 radical (unpaired) electrons. The number of para-hydroxylation sites is 1. The second-order valence-electron chi connectivity index (χ2n) is 6.52. The lowest BCUT2D eigenvalue weighted by Gasteiger charge is -2.36. The largest absolute Gasteiger partial charge is 0.363 e. The highest BCUT2D eigenvalue weighted by Crippen LogP contribution is 2.35. The summed E-state index contributed by atoms with van der Waals surface area (Å²) in [7, 11) is 0. The SMILES string of the molecule is O=[N+]([O-])c1cnc2ccccc2c1N1CCN(Cc2ccccc2)CC1. The van der Waals surface area contributed by atoms with Crippen molar-refractivity contribution in [2.45, 2.75) is 6.54 Å². The number of piperazine rings is 1. The summed E-state index contributed by atoms with van der Waals surface area (Å²) in [6.07, 6.45) is 1.38. The van der Waals surface area contributed by atoms with E-state index in [2.05, 4.69) is 39.0 Å². The summed E-state index contributed by atoms with van der Waals surface area (Å²) in [6, 6.07) is 18.0. The fourth-order valence-corrected chi connectivity index (χ4v) is 3.55. The van der Waals surface area contributed by atoms with E-state index in [0.29, 0.717) is 5.69 Å². The number of hydrogen-bond donors (Lipinski definition) is 0. The van der Waals surface area contributed by atoms with Crippen molar-refractivity contribution in [1.82, 2.24) is 9.88 Å². The maximum absolute atomic E-state index is 11.5. The molecule has 2 heterocycles. The van der Waals surface area contributed by atoms with E-state index < -0.39 is 0 Å². The van der Waals surface area contributed by atoms with E-state index >= 15 is 0 Å². The second-order valence-corrected chi connectivity index (χ2v) is 6.52. The van der Waals surface area contributed by atoms with Gasteiger partial charge < -0.3 is 4.90 Å². The Morgan fingerprint density at radius 3 is 2.38 bits per heavy atom. The van der Waals surface area contributed by atoms with Crippen molar-refractivity contribution in [2.24, 2.45) is 0 Å². The van der Waals surface area contributed by atoms with Crippen LogP contribution in [0.1, 0.15) is 5.56 Å². The molecule has 6 heteroatoms. The Balaban J connectivity index is 1.57. The Morgan fingerprint density at radius 1 is 0.962 bits per heavy atom. The smallest absolute Gasteiger partial charge is 0.311 e. The van der Waals surface area contributed by atoms with Crippen LogP contribution in [-0.4, -0.2) is 41.0 Å². The topological polar surface area (TPSA) is 62.5 Å². The van der Waals surface area contributed by atoms with Gasteiger partial charge in [-0.15, -0.1) is 0 Å². The minimum atomic E-state index is -0.328. The third-order valence-corrected chi connectivity index (χ3v) is 4.86. The molecule has 0 unspecified atom stereocenters. The average Bonchev–Trinajstić information content (AvgIpc) is 2.68. The van der Waals surface area contributed by atoms with Gasteiger partial charge >= 0.3 is 5.69 Å². The molecule has 0 bridgehead atoms. The van der Waals surface area contributed by atoms with E-state index in [0.717, 1.165) is 43.6 Å². The minimum absolute atomic E-state index is 0.0835. The zero-order chi connectivity index (χ0) is 17.9. The van der Waals surface area contributed by atoms with Gasteiger partial charge in [0.25, 0.3) is 0 Å². The van der Waals surface area contributed by atoms with Crippen molar-refractivity contribution >= 4 is 22.3 Å². The Kier molecular flexibility index (Phi) is 4.50. The van der Waals surface area contributed by atoms with Gasteiger partial charge in [0.15, 0.2) is 0 Å². The summed E-state index contributed by atoms with van der Waals surface area (Å²) in [6.45, 7) is 4.20. The highest BCUT2D eigenvalue weighted by molar-refractivity contribution is 5.96. The predicted octanol–water partition coefficient (Wildman–Crippen LogP) is 3.47. The van der Waals surface area contributed by atoms with Gasteiger partial charge in [0.2, 0.25) is 0 Å². The molecular weight excluding hydrogens is 328 g/mol. The zero-order valence-electron chi connectivity index (χ0n) is 14.4. The lowest BCUT2D eigenvalue weighted by atomic mass is 10.1. The third-order valence-electron chi connectivity index (χ3n) is 4.86. The minimum Gasteiger partial charge on any atom is -0.363 e. The summed E-state index contributed by atoms with van der Waals surface area (Å²) in [5, 5.41) is 12.4. The number of rotatable bonds is 4. The van der Waals surface area contributed by atoms with Gasteiger partial charge in [0.1, 0.15) is 11.9 Å². The van der Waals surface area contributed by atoms with Gasteiger partial charge in [0.05, 0.1) is 10.4 Å². The number of fused-ring (bicyclic) bond motifs is 1. The van der Waals surface area contributed by atoms with Crippen LogP contribution >= 0.6 is 0 Å². The van der Waals surface area contributed by atoms with Crippen LogP contribution in [0.3, 0.4) is 0 Å². The molecule has 0 aliphatic carbocycles. The van der Waals surface area contributed by atoms with Gasteiger partial charge in [-0.05, 0) is 11.6 Å². The number of nitrogens with zero attached hydrogens (tertiary/aromatic N) is 4. The van der Waals surface area contributed by atoms with Gasteiger partial charge in [0, 0.05) is 38.1 Å². The monoisotopic (exact) mass is 348 g/mol. The molecular formula is C20H20N4O2. The third kappa shape index (κ3) is 3.23. The second kappa shape index (κ2) is 7.09. The van der Waals surface area contributed by atoms with E-state index in [1.165, 1.54) is 11.8 Å². The first-order valence-corrected chi connectivity index (χ1v) is 8.76. The summed E-state index contributed by atoms with van der Waals surface area (Å²) < 4.78 is 0. The van der Waals surface area contributed by atoms with Crippen LogP contribution < -0.4 is 4.90 Å². The molecule has 1 aliphatic rings. The lowest BCUT2D eigenvalue weighted by Crippen LogP contribution is -2.46. The molecule has 1 aliphatic heterocycles. The molecule has 1 fully saturated rings. The molecule has 0 N–H and O–H groups in total. The van der Waals surface area contributed by atoms with E-state index in [9.17, 15) is 10.1 Å². The molecule has 0 spiro atoms. The molecule has 4 rings (SSSR count). The first-order valence-electron chi connectivity index (χ1n) is 8.76. The molecule has 1 aromatic heterocycles. The van der Waals surface area contributed by atoms with Crippen molar-refractivity contribution in [1.29, 1.82) is 0 Å². The van der Waals surface area contributed by atoms with E-state index in [4.69, 9.17) is 0 Å². The summed E-state index contributed by atoms with van der Waals surface area (Å²) >= 11 is 0. The van der Waals surface area contributed by atoms with Crippen molar-refractivity contribution < 1.29 is 4.92 Å². The van der Waals surface area contributed by atoms with Gasteiger partial charge in [-0.2, -0.15) is 0 Å². The Hall–Kier alpha value is -2.99. The first-order chi connectivity index (χ1) is 12.7. The number of hydrogen-bond acceptors (Lipinski definition) is 5. The van der Waals surface area contributed by atoms with Gasteiger partial charge in [-0.1, -0.05) is 48.5 Å². The Morgan fingerprint density at radius 2 is 1.65 bits per heavy atom. The normalized spacial score (nSPS) is 15.3. The predicted molar refractivity (Wildman–Crippen MR) is 102 cm³/mol. The van der Waals surface area contributed by atoms with E-state index in [1.807, 2.05) is 30.3 Å². The molecule has 0 saturated carbocycles. The number of nitro groups is 1. The molecule has 3 aromatic rings. The molecule has 6 nitrogen and oxygen atoms in total. The lowest BCUT2D eigenvalue weighted by molar-refractivity contribution is -0.384. The Labute approximate surface area is 151 Å². The van der Waals surface area contributed by atoms with Crippen LogP contribution in [0.15, 0.2) is 60.8 Å². The number of pyridine rings is 1. The van der Waals surface area contributed by atoms with Gasteiger partial charge in [-0.25, -0.2) is 4.98 Å². The zero-order valence-corrected chi connectivity index (χ0v) is 14.4. The van der Waals surface area contributed by atoms with Crippen molar-refractivity contribution in [3.8, 4) is 0 Å². The molecule has 2 aromatic carbocycles. The summed E-state index contributed by atoms with van der Waals surface area (Å²) in [5.74, 6) is 0. The molecule has 1 saturated heterocycles. The Bertz CT molecular complexity index is 922. The van der Waals surface area contributed by atoms with Crippen molar-refractivity contribution in [3.05, 3.63) is 76.5 Å². The fourth-order valence-electron chi connectivity index (χ4n) is 3.55. The number of benzene rings is 2. The maximum Gasteiger partial charge on any atom is 0.311 e. The number of aromatic nitrogens is 1. The van der Waals surface area contributed by atoms with Gasteiger partial charge in [-0.3, -0.25) is 15.0 Å². The maximum atomic E-state index is 11.5. The van der Waals surface area contributed by atoms with E-state index in [1.54, 1.807) is 0 Å².